The molecule has 1 heterocycles. The molecule has 0 unspecified atom stereocenters. The number of aromatic hydroxyl groups is 1. The van der Waals surface area contributed by atoms with Crippen LogP contribution < -0.4 is 4.74 Å². The van der Waals surface area contributed by atoms with E-state index in [9.17, 15) is 5.11 Å². The molecule has 0 atom stereocenters. The first-order valence-electron chi connectivity index (χ1n) is 11.9. The molecule has 0 aliphatic carbocycles. The summed E-state index contributed by atoms with van der Waals surface area (Å²) in [4.78, 5) is 9.56. The number of benzene rings is 5. The zero-order chi connectivity index (χ0) is 23.8. The molecule has 5 aromatic carbocycles. The molecule has 1 aromatic heterocycles. The maximum Gasteiger partial charge on any atom is 0.217 e. The van der Waals surface area contributed by atoms with E-state index in [1.54, 1.807) is 12.1 Å². The lowest BCUT2D eigenvalue weighted by molar-refractivity contribution is 0.305. The van der Waals surface area contributed by atoms with Crippen molar-refractivity contribution in [1.29, 1.82) is 0 Å². The minimum Gasteiger partial charge on any atom is -0.507 e. The van der Waals surface area contributed by atoms with E-state index in [4.69, 9.17) is 9.72 Å². The van der Waals surface area contributed by atoms with Crippen molar-refractivity contribution < 1.29 is 9.84 Å². The van der Waals surface area contributed by atoms with Crippen molar-refractivity contribution in [2.45, 2.75) is 13.3 Å². The highest BCUT2D eigenvalue weighted by atomic mass is 16.5. The molecule has 6 aromatic rings. The number of phenols is 1. The van der Waals surface area contributed by atoms with E-state index < -0.39 is 0 Å². The third kappa shape index (κ3) is 3.73. The lowest BCUT2D eigenvalue weighted by atomic mass is 9.92. The molecule has 0 aliphatic heterocycles. The van der Waals surface area contributed by atoms with Gasteiger partial charge in [0.25, 0.3) is 0 Å². The second-order valence-corrected chi connectivity index (χ2v) is 8.63. The minimum absolute atomic E-state index is 0.139. The fraction of sp³-hybridized carbons (Fsp3) is 0.0968. The molecule has 0 fully saturated rings. The Morgan fingerprint density at radius 3 is 2.20 bits per heavy atom. The van der Waals surface area contributed by atoms with Crippen LogP contribution in [0.2, 0.25) is 0 Å². The quantitative estimate of drug-likeness (QED) is 0.269. The van der Waals surface area contributed by atoms with Crippen molar-refractivity contribution in [2.24, 2.45) is 0 Å². The molecule has 4 nitrogen and oxygen atoms in total. The van der Waals surface area contributed by atoms with E-state index in [2.05, 4.69) is 78.6 Å². The molecule has 0 aliphatic rings. The molecule has 1 N–H and O–H groups in total. The summed E-state index contributed by atoms with van der Waals surface area (Å²) in [5, 5.41) is 17.6. The second-order valence-electron chi connectivity index (χ2n) is 8.63. The Hall–Kier alpha value is -4.44. The number of para-hydroxylation sites is 1. The molecule has 35 heavy (non-hydrogen) atoms. The molecular formula is C31H24N2O2. The van der Waals surface area contributed by atoms with Crippen molar-refractivity contribution in [3.8, 4) is 34.3 Å². The molecular weight excluding hydrogens is 432 g/mol. The van der Waals surface area contributed by atoms with Crippen molar-refractivity contribution in [3.05, 3.63) is 97.1 Å². The van der Waals surface area contributed by atoms with Gasteiger partial charge in [0.1, 0.15) is 5.75 Å². The summed E-state index contributed by atoms with van der Waals surface area (Å²) in [6.45, 7) is 2.62. The summed E-state index contributed by atoms with van der Waals surface area (Å²) < 4.78 is 5.96. The van der Waals surface area contributed by atoms with E-state index in [1.165, 1.54) is 26.9 Å². The Balaban J connectivity index is 1.68. The van der Waals surface area contributed by atoms with Crippen LogP contribution in [-0.4, -0.2) is 21.7 Å². The van der Waals surface area contributed by atoms with Crippen LogP contribution in [0, 0.1) is 0 Å². The van der Waals surface area contributed by atoms with Crippen LogP contribution in [0.3, 0.4) is 0 Å². The van der Waals surface area contributed by atoms with Gasteiger partial charge in [-0.2, -0.15) is 4.98 Å². The highest BCUT2D eigenvalue weighted by Crippen LogP contribution is 2.39. The van der Waals surface area contributed by atoms with E-state index in [1.807, 2.05) is 18.2 Å². The van der Waals surface area contributed by atoms with E-state index >= 15 is 0 Å². The average molecular weight is 457 g/mol. The summed E-state index contributed by atoms with van der Waals surface area (Å²) in [5.41, 5.74) is 2.34. The van der Waals surface area contributed by atoms with Crippen LogP contribution in [0.25, 0.3) is 55.0 Å². The molecule has 0 bridgehead atoms. The fourth-order valence-electron chi connectivity index (χ4n) is 4.70. The number of hydrogen-bond donors (Lipinski definition) is 1. The normalized spacial score (nSPS) is 11.3. The minimum atomic E-state index is 0.139. The maximum absolute atomic E-state index is 10.5. The Bertz CT molecular complexity index is 1710. The zero-order valence-electron chi connectivity index (χ0n) is 19.4. The predicted octanol–water partition coefficient (Wildman–Crippen LogP) is 7.76. The number of ether oxygens (including phenoxy) is 1. The summed E-state index contributed by atoms with van der Waals surface area (Å²) in [5.74, 6) is 1.08. The number of nitrogens with zero attached hydrogens (tertiary/aromatic N) is 2. The number of aromatic nitrogens is 2. The first-order valence-corrected chi connectivity index (χ1v) is 11.9. The Morgan fingerprint density at radius 2 is 1.37 bits per heavy atom. The second kappa shape index (κ2) is 8.73. The number of phenolic OH excluding ortho intramolecular Hbond substituents is 1. The number of hydrogen-bond acceptors (Lipinski definition) is 4. The molecule has 0 radical (unpaired) electrons. The Labute approximate surface area is 203 Å². The highest BCUT2D eigenvalue weighted by molar-refractivity contribution is 6.20. The SMILES string of the molecule is CCCOc1cc(-c2cc3c4ccccc4ccc3c3ccccc23)nc(-c2ccccc2O)n1. The van der Waals surface area contributed by atoms with Gasteiger partial charge in [0.05, 0.1) is 17.9 Å². The van der Waals surface area contributed by atoms with E-state index in [0.29, 0.717) is 23.9 Å². The van der Waals surface area contributed by atoms with Gasteiger partial charge in [-0.1, -0.05) is 79.7 Å². The van der Waals surface area contributed by atoms with Crippen molar-refractivity contribution >= 4 is 32.3 Å². The Morgan fingerprint density at radius 1 is 0.657 bits per heavy atom. The Kier molecular flexibility index (Phi) is 5.27. The highest BCUT2D eigenvalue weighted by Gasteiger charge is 2.16. The molecule has 0 saturated carbocycles. The molecule has 0 amide bonds. The van der Waals surface area contributed by atoms with Crippen LogP contribution in [0.5, 0.6) is 11.6 Å². The van der Waals surface area contributed by atoms with Gasteiger partial charge in [0.2, 0.25) is 5.88 Å². The lowest BCUT2D eigenvalue weighted by Gasteiger charge is -2.14. The van der Waals surface area contributed by atoms with Crippen LogP contribution >= 0.6 is 0 Å². The van der Waals surface area contributed by atoms with E-state index in [0.717, 1.165) is 23.1 Å². The van der Waals surface area contributed by atoms with Gasteiger partial charge in [-0.3, -0.25) is 0 Å². The summed E-state index contributed by atoms with van der Waals surface area (Å²) in [6.07, 6.45) is 0.871. The fourth-order valence-corrected chi connectivity index (χ4v) is 4.70. The average Bonchev–Trinajstić information content (AvgIpc) is 2.91. The van der Waals surface area contributed by atoms with Crippen molar-refractivity contribution in [3.63, 3.8) is 0 Å². The van der Waals surface area contributed by atoms with Crippen molar-refractivity contribution in [2.75, 3.05) is 6.61 Å². The molecule has 0 saturated heterocycles. The predicted molar refractivity (Wildman–Crippen MR) is 143 cm³/mol. The van der Waals surface area contributed by atoms with Crippen molar-refractivity contribution in [1.82, 2.24) is 9.97 Å². The lowest BCUT2D eigenvalue weighted by Crippen LogP contribution is -2.01. The van der Waals surface area contributed by atoms with Crippen LogP contribution in [0.15, 0.2) is 97.1 Å². The number of fused-ring (bicyclic) bond motifs is 5. The molecule has 170 valence electrons. The van der Waals surface area contributed by atoms with Gasteiger partial charge in [-0.05, 0) is 56.9 Å². The van der Waals surface area contributed by atoms with Crippen LogP contribution in [0.4, 0.5) is 0 Å². The summed E-state index contributed by atoms with van der Waals surface area (Å²) in [7, 11) is 0. The van der Waals surface area contributed by atoms with Gasteiger partial charge in [-0.15, -0.1) is 0 Å². The maximum atomic E-state index is 10.5. The number of rotatable bonds is 5. The van der Waals surface area contributed by atoms with Gasteiger partial charge in [0.15, 0.2) is 5.82 Å². The van der Waals surface area contributed by atoms with E-state index in [-0.39, 0.29) is 5.75 Å². The summed E-state index contributed by atoms with van der Waals surface area (Å²) >= 11 is 0. The third-order valence-corrected chi connectivity index (χ3v) is 6.34. The molecule has 0 spiro atoms. The van der Waals surface area contributed by atoms with Gasteiger partial charge in [0, 0.05) is 11.6 Å². The van der Waals surface area contributed by atoms with Crippen LogP contribution in [0.1, 0.15) is 13.3 Å². The first-order chi connectivity index (χ1) is 17.2. The third-order valence-electron chi connectivity index (χ3n) is 6.34. The smallest absolute Gasteiger partial charge is 0.217 e. The molecule has 6 rings (SSSR count). The van der Waals surface area contributed by atoms with Gasteiger partial charge in [-0.25, -0.2) is 4.98 Å². The van der Waals surface area contributed by atoms with Gasteiger partial charge >= 0.3 is 0 Å². The summed E-state index contributed by atoms with van der Waals surface area (Å²) in [6, 6.07) is 32.5. The largest absolute Gasteiger partial charge is 0.507 e. The standard InChI is InChI=1S/C31H24N2O2/c1-2-17-35-30-19-28(32-31(33-30)25-13-7-8-14-29(25)34)27-18-26-21-10-4-3-9-20(21)15-16-24(26)22-11-5-6-12-23(22)27/h3-16,18-19,34H,2,17H2,1H3. The molecule has 4 heteroatoms. The monoisotopic (exact) mass is 456 g/mol. The van der Waals surface area contributed by atoms with Gasteiger partial charge < -0.3 is 9.84 Å². The van der Waals surface area contributed by atoms with Crippen LogP contribution in [-0.2, 0) is 0 Å². The first kappa shape index (κ1) is 21.1. The zero-order valence-corrected chi connectivity index (χ0v) is 19.4. The topological polar surface area (TPSA) is 55.2 Å².